The normalized spacial score (nSPS) is 13.6. The number of fused-ring (bicyclic) bond motifs is 2. The molecule has 0 amide bonds. The molecule has 0 radical (unpaired) electrons. The van der Waals surface area contributed by atoms with Crippen molar-refractivity contribution in [1.29, 1.82) is 0 Å². The second kappa shape index (κ2) is 14.8. The molecular formula is C42H39N7O6. The molecule has 8 rings (SSSR count). The summed E-state index contributed by atoms with van der Waals surface area (Å²) >= 11 is 0. The molecule has 1 saturated heterocycles. The lowest BCUT2D eigenvalue weighted by atomic mass is 10.1. The molecule has 2 N–H and O–H groups in total. The molecule has 7 aromatic rings. The number of esters is 2. The fraction of sp³-hybridized carbons (Fsp3) is 0.190. The number of carbonyl (C=O) groups is 2. The van der Waals surface area contributed by atoms with Crippen molar-refractivity contribution in [2.24, 2.45) is 0 Å². The molecule has 278 valence electrons. The fourth-order valence-electron chi connectivity index (χ4n) is 6.15. The van der Waals surface area contributed by atoms with E-state index < -0.39 is 17.7 Å². The Hall–Kier alpha value is -7.02. The van der Waals surface area contributed by atoms with Crippen molar-refractivity contribution in [2.45, 2.75) is 47.0 Å². The highest BCUT2D eigenvalue weighted by Crippen LogP contribution is 2.31. The summed E-state index contributed by atoms with van der Waals surface area (Å²) in [6, 6.07) is 31.8. The van der Waals surface area contributed by atoms with E-state index in [1.807, 2.05) is 118 Å². The van der Waals surface area contributed by atoms with E-state index in [1.54, 1.807) is 6.07 Å². The Labute approximate surface area is 316 Å². The minimum Gasteiger partial charge on any atom is -0.506 e. The van der Waals surface area contributed by atoms with E-state index in [-0.39, 0.29) is 17.1 Å². The van der Waals surface area contributed by atoms with Gasteiger partial charge in [-0.3, -0.25) is 0 Å². The number of cyclic esters (lactones) is 2. The number of hydrogen-bond donors (Lipinski definition) is 2. The average Bonchev–Trinajstić information content (AvgIpc) is 3.79. The summed E-state index contributed by atoms with van der Waals surface area (Å²) in [7, 11) is 0. The summed E-state index contributed by atoms with van der Waals surface area (Å²) in [4.78, 5) is 29.6. The van der Waals surface area contributed by atoms with Gasteiger partial charge in [-0.05, 0) is 98.1 Å². The molecule has 1 fully saturated rings. The molecule has 0 bridgehead atoms. The molecule has 13 heteroatoms. The van der Waals surface area contributed by atoms with E-state index in [2.05, 4.69) is 25.3 Å². The number of hydrogen-bond acceptors (Lipinski definition) is 11. The molecule has 0 atom stereocenters. The fourth-order valence-corrected chi connectivity index (χ4v) is 6.15. The van der Waals surface area contributed by atoms with Crippen LogP contribution in [0.3, 0.4) is 0 Å². The maximum atomic E-state index is 12.3. The van der Waals surface area contributed by atoms with Crippen molar-refractivity contribution in [3.63, 3.8) is 0 Å². The molecule has 1 aliphatic heterocycles. The van der Waals surface area contributed by atoms with Crippen LogP contribution in [0.25, 0.3) is 39.5 Å². The number of benzene rings is 5. The molecule has 0 aliphatic carbocycles. The number of phenols is 2. The first-order valence-electron chi connectivity index (χ1n) is 17.7. The van der Waals surface area contributed by atoms with Gasteiger partial charge in [-0.15, -0.1) is 30.0 Å². The summed E-state index contributed by atoms with van der Waals surface area (Å²) in [6.07, 6.45) is 1.46. The van der Waals surface area contributed by atoms with Gasteiger partial charge in [0.15, 0.2) is 0 Å². The van der Waals surface area contributed by atoms with E-state index >= 15 is 0 Å². The van der Waals surface area contributed by atoms with Crippen LogP contribution in [-0.2, 0) is 25.6 Å². The highest BCUT2D eigenvalue weighted by molar-refractivity contribution is 6.18. The third kappa shape index (κ3) is 7.86. The monoisotopic (exact) mass is 737 g/mol. The van der Waals surface area contributed by atoms with Gasteiger partial charge in [0.2, 0.25) is 0 Å². The van der Waals surface area contributed by atoms with Crippen molar-refractivity contribution < 1.29 is 29.3 Å². The number of aryl methyl sites for hydroxylation is 2. The molecule has 5 aromatic carbocycles. The lowest BCUT2D eigenvalue weighted by molar-refractivity contribution is -0.222. The minimum absolute atomic E-state index is 0.118. The van der Waals surface area contributed by atoms with Crippen LogP contribution in [0.2, 0.25) is 0 Å². The van der Waals surface area contributed by atoms with Crippen LogP contribution < -0.4 is 4.90 Å². The predicted octanol–water partition coefficient (Wildman–Crippen LogP) is 7.12. The molecule has 13 nitrogen and oxygen atoms in total. The third-order valence-corrected chi connectivity index (χ3v) is 8.88. The van der Waals surface area contributed by atoms with Gasteiger partial charge in [0, 0.05) is 38.2 Å². The summed E-state index contributed by atoms with van der Waals surface area (Å²) in [5.41, 5.74) is 8.43. The number of nitrogens with zero attached hydrogens (tertiary/aromatic N) is 7. The van der Waals surface area contributed by atoms with Crippen LogP contribution in [0, 0.1) is 13.8 Å². The standard InChI is InChI=1S/C29H28N4O5.C13H11N3O/c1-5-32(21-12-10-19(11-13-21)16-22-27(35)37-29(3,4)38-28(22)36)17-20-14-18(2)15-25(26(20)34)33-30-23-8-6-7-9-24(23)31-33;1-9-6-7-13(17)12(8-9)16-14-10-4-2-3-5-11(10)15-16/h6-16,34H,5,17H2,1-4H3;2-8,17H,1H3. The molecule has 0 saturated carbocycles. The van der Waals surface area contributed by atoms with Crippen LogP contribution in [-0.4, -0.2) is 64.5 Å². The number of rotatable bonds is 7. The quantitative estimate of drug-likeness (QED) is 0.0976. The number of phenolic OH excluding ortho intramolecular Hbond substituents is 2. The van der Waals surface area contributed by atoms with Gasteiger partial charge in [0.25, 0.3) is 5.79 Å². The second-order valence-corrected chi connectivity index (χ2v) is 13.6. The van der Waals surface area contributed by atoms with E-state index in [4.69, 9.17) is 9.47 Å². The first-order chi connectivity index (χ1) is 26.4. The van der Waals surface area contributed by atoms with Gasteiger partial charge in [-0.25, -0.2) is 9.59 Å². The van der Waals surface area contributed by atoms with Gasteiger partial charge < -0.3 is 24.6 Å². The minimum atomic E-state index is -1.28. The van der Waals surface area contributed by atoms with Crippen LogP contribution in [0.4, 0.5) is 5.69 Å². The molecule has 0 spiro atoms. The third-order valence-electron chi connectivity index (χ3n) is 8.88. The van der Waals surface area contributed by atoms with E-state index in [0.717, 1.165) is 44.4 Å². The zero-order chi connectivity index (χ0) is 38.9. The SMILES string of the molecule is CCN(Cc1cc(C)cc(-n2nc3ccccc3n2)c1O)c1ccc(C=C2C(=O)OC(C)(C)OC2=O)cc1.Cc1ccc(O)c(-n2nc3ccccc3n2)c1. The maximum absolute atomic E-state index is 12.3. The molecule has 2 aromatic heterocycles. The summed E-state index contributed by atoms with van der Waals surface area (Å²) in [6.45, 7) is 10.1. The smallest absolute Gasteiger partial charge is 0.348 e. The van der Waals surface area contributed by atoms with Crippen LogP contribution in [0.1, 0.15) is 43.0 Å². The lowest BCUT2D eigenvalue weighted by Gasteiger charge is -2.29. The predicted molar refractivity (Wildman–Crippen MR) is 208 cm³/mol. The van der Waals surface area contributed by atoms with Crippen molar-refractivity contribution in [3.8, 4) is 22.9 Å². The molecule has 0 unspecified atom stereocenters. The van der Waals surface area contributed by atoms with Crippen LogP contribution >= 0.6 is 0 Å². The zero-order valence-electron chi connectivity index (χ0n) is 31.0. The van der Waals surface area contributed by atoms with E-state index in [1.165, 1.54) is 29.5 Å². The molecule has 1 aliphatic rings. The average molecular weight is 738 g/mol. The Morgan fingerprint density at radius 1 is 0.691 bits per heavy atom. The van der Waals surface area contributed by atoms with Gasteiger partial charge in [-0.2, -0.15) is 0 Å². The highest BCUT2D eigenvalue weighted by atomic mass is 16.7. The van der Waals surface area contributed by atoms with Crippen LogP contribution in [0.15, 0.2) is 109 Å². The summed E-state index contributed by atoms with van der Waals surface area (Å²) < 4.78 is 10.3. The lowest BCUT2D eigenvalue weighted by Crippen LogP contribution is -2.41. The highest BCUT2D eigenvalue weighted by Gasteiger charge is 2.38. The molecular weight excluding hydrogens is 699 g/mol. The number of aromatic nitrogens is 6. The van der Waals surface area contributed by atoms with Crippen molar-refractivity contribution in [3.05, 3.63) is 131 Å². The van der Waals surface area contributed by atoms with Crippen molar-refractivity contribution in [1.82, 2.24) is 30.0 Å². The first-order valence-corrected chi connectivity index (χ1v) is 17.7. The summed E-state index contributed by atoms with van der Waals surface area (Å²) in [5.74, 6) is -2.41. The van der Waals surface area contributed by atoms with E-state index in [9.17, 15) is 19.8 Å². The van der Waals surface area contributed by atoms with Crippen molar-refractivity contribution >= 4 is 45.8 Å². The summed E-state index contributed by atoms with van der Waals surface area (Å²) in [5, 5.41) is 38.7. The topological polar surface area (TPSA) is 158 Å². The first kappa shape index (κ1) is 36.3. The van der Waals surface area contributed by atoms with Gasteiger partial charge in [-0.1, -0.05) is 48.5 Å². The second-order valence-electron chi connectivity index (χ2n) is 13.6. The van der Waals surface area contributed by atoms with E-state index in [0.29, 0.717) is 30.0 Å². The Morgan fingerprint density at radius 3 is 1.73 bits per heavy atom. The Bertz CT molecular complexity index is 2500. The van der Waals surface area contributed by atoms with Gasteiger partial charge in [0.1, 0.15) is 50.5 Å². The van der Waals surface area contributed by atoms with Gasteiger partial charge >= 0.3 is 11.9 Å². The largest absolute Gasteiger partial charge is 0.506 e. The maximum Gasteiger partial charge on any atom is 0.348 e. The number of anilines is 1. The Morgan fingerprint density at radius 2 is 1.20 bits per heavy atom. The Balaban J connectivity index is 0.000000227. The number of ether oxygens (including phenoxy) is 2. The van der Waals surface area contributed by atoms with Gasteiger partial charge in [0.05, 0.1) is 0 Å². The Kier molecular flexibility index (Phi) is 9.77. The number of carbonyl (C=O) groups excluding carboxylic acids is 2. The zero-order valence-corrected chi connectivity index (χ0v) is 31.0. The molecule has 3 heterocycles. The van der Waals surface area contributed by atoms with Crippen molar-refractivity contribution in [2.75, 3.05) is 11.4 Å². The van der Waals surface area contributed by atoms with Crippen LogP contribution in [0.5, 0.6) is 11.5 Å². The molecule has 55 heavy (non-hydrogen) atoms. The number of aromatic hydroxyl groups is 2.